The Balaban J connectivity index is 0.000000224. The summed E-state index contributed by atoms with van der Waals surface area (Å²) in [7, 11) is 0. The highest BCUT2D eigenvalue weighted by Crippen LogP contribution is 2.27. The summed E-state index contributed by atoms with van der Waals surface area (Å²) in [6, 6.07) is 22.4. The topological polar surface area (TPSA) is 94.1 Å². The van der Waals surface area contributed by atoms with Gasteiger partial charge >= 0.3 is 12.1 Å². The Morgan fingerprint density at radius 3 is 1.73 bits per heavy atom. The Labute approximate surface area is 287 Å². The van der Waals surface area contributed by atoms with E-state index in [0.717, 1.165) is 63.6 Å². The van der Waals surface area contributed by atoms with Crippen LogP contribution in [0.25, 0.3) is 0 Å². The van der Waals surface area contributed by atoms with Gasteiger partial charge in [0.15, 0.2) is 0 Å². The van der Waals surface area contributed by atoms with E-state index in [4.69, 9.17) is 4.74 Å². The smallest absolute Gasteiger partial charge is 0.410 e. The molecule has 1 aromatic carbocycles. The molecule has 2 aliphatic rings. The highest BCUT2D eigenvalue weighted by Gasteiger charge is 2.39. The molecule has 0 saturated carbocycles. The standard InChI is InChI=1S/C22H30N4O.C16H25N3O2/c1-22(2)18-25(20-13-7-9-14-23-20)16-17-26(22)21(27)24-15-8-6-12-19-10-4-3-5-11-19;1-15(2,3)21-14(20)19-11-10-18(12-16(19,4)5)13-8-6-7-9-17-13/h3-5,7,9-11,13-14H,6,8,12,15-18H2,1-2H3,(H,24,27);6-9H,10-12H2,1-5H3. The van der Waals surface area contributed by atoms with Crippen molar-refractivity contribution in [1.29, 1.82) is 0 Å². The molecule has 3 amide bonds. The molecule has 0 aliphatic carbocycles. The average Bonchev–Trinajstić information content (AvgIpc) is 3.04. The number of aromatic nitrogens is 2. The van der Waals surface area contributed by atoms with Crippen LogP contribution in [0.3, 0.4) is 0 Å². The third kappa shape index (κ3) is 10.6. The zero-order valence-corrected chi connectivity index (χ0v) is 30.0. The van der Waals surface area contributed by atoms with Gasteiger partial charge in [0.2, 0.25) is 0 Å². The number of pyridine rings is 2. The molecular formula is C38H55N7O3. The van der Waals surface area contributed by atoms with Crippen LogP contribution in [-0.4, -0.2) is 94.4 Å². The quantitative estimate of drug-likeness (QED) is 0.285. The number of hydrogen-bond acceptors (Lipinski definition) is 7. The van der Waals surface area contributed by atoms with Crippen LogP contribution in [0.1, 0.15) is 66.9 Å². The second-order valence-electron chi connectivity index (χ2n) is 14.8. The number of nitrogens with zero attached hydrogens (tertiary/aromatic N) is 6. The highest BCUT2D eigenvalue weighted by atomic mass is 16.6. The van der Waals surface area contributed by atoms with Crippen molar-refractivity contribution >= 4 is 23.8 Å². The minimum Gasteiger partial charge on any atom is -0.444 e. The Bertz CT molecular complexity index is 1430. The number of amides is 3. The molecule has 3 aromatic rings. The maximum absolute atomic E-state index is 12.7. The third-order valence-corrected chi connectivity index (χ3v) is 8.62. The fraction of sp³-hybridized carbons (Fsp3) is 0.526. The summed E-state index contributed by atoms with van der Waals surface area (Å²) in [5, 5.41) is 3.10. The van der Waals surface area contributed by atoms with Crippen LogP contribution < -0.4 is 15.1 Å². The van der Waals surface area contributed by atoms with Crippen molar-refractivity contribution < 1.29 is 14.3 Å². The first-order valence-electron chi connectivity index (χ1n) is 17.2. The Morgan fingerprint density at radius 2 is 1.25 bits per heavy atom. The van der Waals surface area contributed by atoms with Crippen molar-refractivity contribution in [3.63, 3.8) is 0 Å². The van der Waals surface area contributed by atoms with Crippen molar-refractivity contribution in [1.82, 2.24) is 25.1 Å². The molecule has 2 aromatic heterocycles. The SMILES string of the molecule is CC(C)(C)OC(=O)N1CCN(c2ccccn2)CC1(C)C.CC1(C)CN(c2ccccn2)CCN1C(=O)NCCCCc1ccccc1. The van der Waals surface area contributed by atoms with Crippen LogP contribution in [0.5, 0.6) is 0 Å². The highest BCUT2D eigenvalue weighted by molar-refractivity contribution is 5.75. The molecule has 0 spiro atoms. The predicted molar refractivity (Wildman–Crippen MR) is 193 cm³/mol. The van der Waals surface area contributed by atoms with E-state index < -0.39 is 5.60 Å². The second-order valence-corrected chi connectivity index (χ2v) is 14.8. The van der Waals surface area contributed by atoms with Gasteiger partial charge in [-0.2, -0.15) is 0 Å². The van der Waals surface area contributed by atoms with Gasteiger partial charge in [-0.3, -0.25) is 4.90 Å². The van der Waals surface area contributed by atoms with Gasteiger partial charge in [0, 0.05) is 58.2 Å². The van der Waals surface area contributed by atoms with Gasteiger partial charge in [-0.15, -0.1) is 0 Å². The van der Waals surface area contributed by atoms with Gasteiger partial charge in [-0.25, -0.2) is 19.6 Å². The first-order valence-corrected chi connectivity index (χ1v) is 17.2. The molecule has 48 heavy (non-hydrogen) atoms. The summed E-state index contributed by atoms with van der Waals surface area (Å²) >= 11 is 0. The maximum atomic E-state index is 12.7. The van der Waals surface area contributed by atoms with Crippen LogP contribution >= 0.6 is 0 Å². The summed E-state index contributed by atoms with van der Waals surface area (Å²) in [6.07, 6.45) is 6.51. The van der Waals surface area contributed by atoms with Gasteiger partial charge < -0.3 is 24.8 Å². The lowest BCUT2D eigenvalue weighted by molar-refractivity contribution is 0.000301. The number of piperazine rings is 2. The van der Waals surface area contributed by atoms with Crippen LogP contribution in [0.2, 0.25) is 0 Å². The lowest BCUT2D eigenvalue weighted by atomic mass is 9.99. The van der Waals surface area contributed by atoms with E-state index in [1.165, 1.54) is 5.56 Å². The number of urea groups is 1. The fourth-order valence-corrected chi connectivity index (χ4v) is 6.20. The molecule has 0 radical (unpaired) electrons. The largest absolute Gasteiger partial charge is 0.444 e. The minimum absolute atomic E-state index is 0.0420. The summed E-state index contributed by atoms with van der Waals surface area (Å²) in [5.74, 6) is 1.93. The molecule has 0 bridgehead atoms. The molecule has 2 aliphatic heterocycles. The number of rotatable bonds is 7. The summed E-state index contributed by atoms with van der Waals surface area (Å²) in [4.78, 5) is 42.1. The van der Waals surface area contributed by atoms with Crippen molar-refractivity contribution in [3.05, 3.63) is 84.7 Å². The van der Waals surface area contributed by atoms with Crippen LogP contribution in [0.4, 0.5) is 21.2 Å². The molecule has 1 N–H and O–H groups in total. The number of ether oxygens (including phenoxy) is 1. The zero-order chi connectivity index (χ0) is 34.8. The molecule has 5 rings (SSSR count). The normalized spacial score (nSPS) is 17.2. The summed E-state index contributed by atoms with van der Waals surface area (Å²) in [5.41, 5.74) is 0.364. The Morgan fingerprint density at radius 1 is 0.729 bits per heavy atom. The summed E-state index contributed by atoms with van der Waals surface area (Å²) < 4.78 is 5.51. The molecule has 10 heteroatoms. The number of nitrogens with one attached hydrogen (secondary N) is 1. The molecule has 4 heterocycles. The third-order valence-electron chi connectivity index (χ3n) is 8.62. The lowest BCUT2D eigenvalue weighted by Crippen LogP contribution is -2.63. The lowest BCUT2D eigenvalue weighted by Gasteiger charge is -2.47. The number of carbonyl (C=O) groups excluding carboxylic acids is 2. The monoisotopic (exact) mass is 657 g/mol. The Kier molecular flexibility index (Phi) is 12.3. The van der Waals surface area contributed by atoms with Gasteiger partial charge in [-0.05, 0) is 97.6 Å². The second kappa shape index (κ2) is 16.2. The van der Waals surface area contributed by atoms with Gasteiger partial charge in [-0.1, -0.05) is 42.5 Å². The molecule has 0 unspecified atom stereocenters. The van der Waals surface area contributed by atoms with Gasteiger partial charge in [0.1, 0.15) is 17.2 Å². The van der Waals surface area contributed by atoms with E-state index in [1.54, 1.807) is 6.20 Å². The minimum atomic E-state index is -0.467. The number of carbonyl (C=O) groups is 2. The van der Waals surface area contributed by atoms with E-state index >= 15 is 0 Å². The molecular weight excluding hydrogens is 602 g/mol. The molecule has 0 atom stereocenters. The van der Waals surface area contributed by atoms with Crippen LogP contribution in [0, 0.1) is 0 Å². The van der Waals surface area contributed by atoms with E-state index in [1.807, 2.05) is 79.2 Å². The number of hydrogen-bond donors (Lipinski definition) is 1. The number of aryl methyl sites for hydroxylation is 1. The van der Waals surface area contributed by atoms with Gasteiger partial charge in [0.25, 0.3) is 0 Å². The van der Waals surface area contributed by atoms with Crippen molar-refractivity contribution in [2.75, 3.05) is 55.6 Å². The number of benzene rings is 1. The van der Waals surface area contributed by atoms with E-state index in [0.29, 0.717) is 13.1 Å². The first-order chi connectivity index (χ1) is 22.7. The molecule has 2 saturated heterocycles. The van der Waals surface area contributed by atoms with E-state index in [9.17, 15) is 9.59 Å². The summed E-state index contributed by atoms with van der Waals surface area (Å²) in [6.45, 7) is 19.2. The van der Waals surface area contributed by atoms with Crippen LogP contribution in [0.15, 0.2) is 79.1 Å². The first kappa shape index (κ1) is 36.5. The number of anilines is 2. The van der Waals surface area contributed by atoms with Gasteiger partial charge in [0.05, 0.1) is 11.1 Å². The van der Waals surface area contributed by atoms with Crippen molar-refractivity contribution in [3.8, 4) is 0 Å². The molecule has 2 fully saturated rings. The van der Waals surface area contributed by atoms with Crippen molar-refractivity contribution in [2.24, 2.45) is 0 Å². The number of unbranched alkanes of at least 4 members (excludes halogenated alkanes) is 1. The zero-order valence-electron chi connectivity index (χ0n) is 30.0. The van der Waals surface area contributed by atoms with Crippen molar-refractivity contribution in [2.45, 2.75) is 84.4 Å². The predicted octanol–water partition coefficient (Wildman–Crippen LogP) is 6.63. The fourth-order valence-electron chi connectivity index (χ4n) is 6.20. The molecule has 260 valence electrons. The average molecular weight is 658 g/mol. The van der Waals surface area contributed by atoms with Crippen LogP contribution in [-0.2, 0) is 11.2 Å². The van der Waals surface area contributed by atoms with E-state index in [2.05, 4.69) is 77.0 Å². The maximum Gasteiger partial charge on any atom is 0.410 e. The molecule has 10 nitrogen and oxygen atoms in total. The van der Waals surface area contributed by atoms with E-state index in [-0.39, 0.29) is 23.2 Å². The Hall–Kier alpha value is -4.34.